The Kier molecular flexibility index (Phi) is 18.8. The summed E-state index contributed by atoms with van der Waals surface area (Å²) in [6, 6.07) is 34.6. The zero-order valence-electron chi connectivity index (χ0n) is 50.9. The van der Waals surface area contributed by atoms with Gasteiger partial charge in [-0.15, -0.1) is 0 Å². The first-order chi connectivity index (χ1) is 36.3. The van der Waals surface area contributed by atoms with Crippen LogP contribution in [0.5, 0.6) is 0 Å². The number of rotatable bonds is 8. The monoisotopic (exact) mass is 1070 g/mol. The number of benzene rings is 5. The number of nitrogens with zero attached hydrogens (tertiary/aromatic N) is 7. The first kappa shape index (κ1) is 62.3. The summed E-state index contributed by atoms with van der Waals surface area (Å²) in [6.45, 7) is 25.6. The van der Waals surface area contributed by atoms with Gasteiger partial charge in [-0.25, -0.2) is 9.15 Å². The van der Waals surface area contributed by atoms with Gasteiger partial charge in [0.1, 0.15) is 34.5 Å². The zero-order valence-corrected chi connectivity index (χ0v) is 50.9. The summed E-state index contributed by atoms with van der Waals surface area (Å²) in [6.07, 6.45) is 9.92. The fourth-order valence-corrected chi connectivity index (χ4v) is 11.0. The van der Waals surface area contributed by atoms with Crippen LogP contribution in [0.25, 0.3) is 12.2 Å². The van der Waals surface area contributed by atoms with Crippen molar-refractivity contribution in [3.63, 3.8) is 0 Å². The highest BCUT2D eigenvalue weighted by atomic mass is 16.6. The van der Waals surface area contributed by atoms with Crippen molar-refractivity contribution in [2.24, 2.45) is 0 Å². The Morgan fingerprint density at radius 3 is 0.911 bits per heavy atom. The lowest BCUT2D eigenvalue weighted by Crippen LogP contribution is -2.26. The third-order valence-electron chi connectivity index (χ3n) is 16.7. The van der Waals surface area contributed by atoms with Crippen molar-refractivity contribution in [2.45, 2.75) is 112 Å². The van der Waals surface area contributed by atoms with Gasteiger partial charge >= 0.3 is 11.9 Å². The SMILES string of the molecule is C.CC(=O)OC(C)=O.CC1=[N+](C)c2cc3c(cc2C1(C)C)[N+](C)=C(C)C3(C)C.CN(C)c1ccc(C=CC2=[N+](C)c3cc4c(cc3C2(C)C)[N+](C)=C(C=Cc2ccc(N(C)C)cc2)C4(C)C)cc1.CN(C)c1ccc(C=O)cc1. The number of allylic oxidation sites excluding steroid dienone is 2. The maximum atomic E-state index is 10.3. The molecule has 0 aromatic heterocycles. The van der Waals surface area contributed by atoms with Crippen molar-refractivity contribution < 1.29 is 37.4 Å². The summed E-state index contributed by atoms with van der Waals surface area (Å²) in [7, 11) is 21.0. The third-order valence-corrected chi connectivity index (χ3v) is 16.7. The molecule has 4 heterocycles. The highest BCUT2D eigenvalue weighted by Gasteiger charge is 2.51. The molecule has 0 N–H and O–H groups in total. The maximum absolute atomic E-state index is 10.3. The molecule has 4 aliphatic heterocycles. The van der Waals surface area contributed by atoms with E-state index in [1.807, 2.05) is 43.3 Å². The Morgan fingerprint density at radius 2 is 0.671 bits per heavy atom. The Bertz CT molecular complexity index is 3140. The minimum Gasteiger partial charge on any atom is -0.394 e. The largest absolute Gasteiger partial charge is 0.394 e. The zero-order chi connectivity index (χ0) is 58.1. The first-order valence-electron chi connectivity index (χ1n) is 26.9. The van der Waals surface area contributed by atoms with Gasteiger partial charge in [-0.3, -0.25) is 14.4 Å². The third kappa shape index (κ3) is 12.5. The van der Waals surface area contributed by atoms with Gasteiger partial charge in [-0.2, -0.15) is 9.15 Å². The molecule has 0 amide bonds. The molecule has 0 saturated heterocycles. The highest BCUT2D eigenvalue weighted by molar-refractivity contribution is 6.08. The normalized spacial score (nSPS) is 16.4. The van der Waals surface area contributed by atoms with E-state index in [0.29, 0.717) is 0 Å². The van der Waals surface area contributed by atoms with Crippen molar-refractivity contribution in [1.82, 2.24) is 0 Å². The standard InChI is InChI=1S/C36H44N4.C18H26N2.C9H11NO.C4H6O3.CH4/c1-35(2)29-23-32-30(24-31(29)39(9)33(35)21-15-25-11-17-27(18-12-25)37(5)6)36(3,4)34(40(32)10)22-16-26-13-19-28(20-14-26)38(7)8;1-11-17(3,4)13-9-16-14(10-15(13)19(11)7)18(5,6)12(2)20(16)8;1-10(2)9-5-3-8(7-11)4-6-9;1-3(5)7-4(2)6;/h11-24H,1-10H3;9-10H,1-8H3;3-7H,1-2H3;1-2H3;1H4/q2*+2;;;. The van der Waals surface area contributed by atoms with Gasteiger partial charge < -0.3 is 19.4 Å². The van der Waals surface area contributed by atoms with E-state index in [2.05, 4.69) is 256 Å². The van der Waals surface area contributed by atoms with E-state index < -0.39 is 11.9 Å². The number of esters is 2. The van der Waals surface area contributed by atoms with Crippen LogP contribution in [0, 0.1) is 0 Å². The molecule has 79 heavy (non-hydrogen) atoms. The molecule has 9 rings (SSSR count). The molecular weight excluding hydrogens is 979 g/mol. The van der Waals surface area contributed by atoms with Crippen LogP contribution < -0.4 is 14.7 Å². The fraction of sp³-hybridized carbons (Fsp3) is 0.397. The Hall–Kier alpha value is -7.53. The molecule has 0 atom stereocenters. The molecule has 0 aliphatic carbocycles. The lowest BCUT2D eigenvalue weighted by Gasteiger charge is -2.17. The topological polar surface area (TPSA) is 82.2 Å². The Labute approximate surface area is 473 Å². The molecule has 0 saturated carbocycles. The van der Waals surface area contributed by atoms with Crippen molar-refractivity contribution in [1.29, 1.82) is 0 Å². The van der Waals surface area contributed by atoms with Gasteiger partial charge in [0.15, 0.2) is 22.8 Å². The number of fused-ring (bicyclic) bond motifs is 4. The highest BCUT2D eigenvalue weighted by Crippen LogP contribution is 2.50. The molecule has 418 valence electrons. The number of hydrogen-bond donors (Lipinski definition) is 0. The first-order valence-corrected chi connectivity index (χ1v) is 26.9. The van der Waals surface area contributed by atoms with E-state index in [1.54, 1.807) is 0 Å². The molecule has 0 fully saturated rings. The number of carbonyl (C=O) groups excluding carboxylic acids is 3. The van der Waals surface area contributed by atoms with E-state index in [-0.39, 0.29) is 29.1 Å². The van der Waals surface area contributed by atoms with E-state index >= 15 is 0 Å². The van der Waals surface area contributed by atoms with Crippen LogP contribution in [0.4, 0.5) is 39.8 Å². The van der Waals surface area contributed by atoms with Crippen LogP contribution in [0.3, 0.4) is 0 Å². The van der Waals surface area contributed by atoms with Crippen LogP contribution in [0.2, 0.25) is 0 Å². The number of hydrogen-bond acceptors (Lipinski definition) is 7. The number of carbonyl (C=O) groups is 3. The molecule has 4 aliphatic rings. The van der Waals surface area contributed by atoms with Crippen molar-refractivity contribution in [2.75, 3.05) is 85.2 Å². The second-order valence-electron chi connectivity index (χ2n) is 23.8. The number of anilines is 3. The molecule has 11 nitrogen and oxygen atoms in total. The minimum atomic E-state index is -0.562. The van der Waals surface area contributed by atoms with Crippen LogP contribution >= 0.6 is 0 Å². The molecular formula is C68H91N7O4+4. The van der Waals surface area contributed by atoms with Crippen molar-refractivity contribution in [3.05, 3.63) is 148 Å². The van der Waals surface area contributed by atoms with Crippen molar-refractivity contribution >= 4 is 93.0 Å². The summed E-state index contributed by atoms with van der Waals surface area (Å²) in [5.41, 5.74) is 23.2. The van der Waals surface area contributed by atoms with E-state index in [0.717, 1.165) is 17.5 Å². The van der Waals surface area contributed by atoms with Crippen molar-refractivity contribution in [3.8, 4) is 0 Å². The summed E-state index contributed by atoms with van der Waals surface area (Å²) in [5, 5.41) is 0. The van der Waals surface area contributed by atoms with Crippen LogP contribution in [0.15, 0.2) is 109 Å². The lowest BCUT2D eigenvalue weighted by atomic mass is 9.77. The quantitative estimate of drug-likeness (QED) is 0.0663. The molecule has 0 radical (unpaired) electrons. The van der Waals surface area contributed by atoms with Crippen LogP contribution in [-0.2, 0) is 36.0 Å². The summed E-state index contributed by atoms with van der Waals surface area (Å²) < 4.78 is 13.5. The van der Waals surface area contributed by atoms with Gasteiger partial charge in [0.25, 0.3) is 0 Å². The molecule has 0 unspecified atom stereocenters. The molecule has 5 aromatic rings. The fourth-order valence-electron chi connectivity index (χ4n) is 11.0. The van der Waals surface area contributed by atoms with Gasteiger partial charge in [-0.05, 0) is 127 Å². The van der Waals surface area contributed by atoms with E-state index in [1.165, 1.54) is 104 Å². The summed E-state index contributed by atoms with van der Waals surface area (Å²) >= 11 is 0. The maximum Gasteiger partial charge on any atom is 0.310 e. The smallest absolute Gasteiger partial charge is 0.310 e. The number of aldehydes is 1. The minimum absolute atomic E-state index is 0. The van der Waals surface area contributed by atoms with Crippen LogP contribution in [-0.4, -0.2) is 130 Å². The predicted molar refractivity (Wildman–Crippen MR) is 335 cm³/mol. The number of ether oxygens (including phenoxy) is 1. The molecule has 5 aromatic carbocycles. The van der Waals surface area contributed by atoms with E-state index in [9.17, 15) is 14.4 Å². The predicted octanol–water partition coefficient (Wildman–Crippen LogP) is 13.3. The molecule has 0 bridgehead atoms. The lowest BCUT2D eigenvalue weighted by molar-refractivity contribution is -0.406. The summed E-state index contributed by atoms with van der Waals surface area (Å²) in [4.78, 5) is 36.2. The second-order valence-corrected chi connectivity index (χ2v) is 23.8. The molecule has 0 spiro atoms. The molecule has 11 heteroatoms. The summed E-state index contributed by atoms with van der Waals surface area (Å²) in [5.74, 6) is -1.12. The Balaban J connectivity index is 0.000000242. The second kappa shape index (κ2) is 23.8. The Morgan fingerprint density at radius 1 is 0.418 bits per heavy atom. The average molecular weight is 1070 g/mol. The van der Waals surface area contributed by atoms with Crippen LogP contribution in [0.1, 0.15) is 134 Å². The van der Waals surface area contributed by atoms with Gasteiger partial charge in [0, 0.05) is 151 Å². The van der Waals surface area contributed by atoms with E-state index in [4.69, 9.17) is 0 Å². The average Bonchev–Trinajstić information content (AvgIpc) is 3.88. The van der Waals surface area contributed by atoms with Gasteiger partial charge in [0.2, 0.25) is 22.7 Å². The van der Waals surface area contributed by atoms with Gasteiger partial charge in [-0.1, -0.05) is 31.7 Å². The van der Waals surface area contributed by atoms with Gasteiger partial charge in [0.05, 0.1) is 21.7 Å².